The van der Waals surface area contributed by atoms with Crippen molar-refractivity contribution in [1.29, 1.82) is 0 Å². The third-order valence-electron chi connectivity index (χ3n) is 3.35. The molecule has 0 radical (unpaired) electrons. The first-order chi connectivity index (χ1) is 10.9. The molecule has 0 atom stereocenters. The first-order valence-electron chi connectivity index (χ1n) is 7.42. The minimum absolute atomic E-state index is 0.292. The van der Waals surface area contributed by atoms with E-state index in [9.17, 15) is 8.42 Å². The number of hydrogen-bond donors (Lipinski definition) is 1. The van der Waals surface area contributed by atoms with Crippen molar-refractivity contribution in [1.82, 2.24) is 4.31 Å². The highest BCUT2D eigenvalue weighted by Crippen LogP contribution is 2.24. The molecule has 0 aromatic heterocycles. The summed E-state index contributed by atoms with van der Waals surface area (Å²) in [7, 11) is -0.366. The van der Waals surface area contributed by atoms with Crippen LogP contribution in [0.2, 0.25) is 0 Å². The van der Waals surface area contributed by atoms with Crippen LogP contribution < -0.4 is 10.1 Å². The zero-order chi connectivity index (χ0) is 16.9. The van der Waals surface area contributed by atoms with E-state index in [-0.39, 0.29) is 0 Å². The van der Waals surface area contributed by atoms with Crippen LogP contribution in [0, 0.1) is 0 Å². The number of ether oxygens (including phenoxy) is 1. The lowest BCUT2D eigenvalue weighted by atomic mass is 10.2. The van der Waals surface area contributed by atoms with Crippen LogP contribution in [0.15, 0.2) is 53.4 Å². The Kier molecular flexibility index (Phi) is 5.63. The van der Waals surface area contributed by atoms with Crippen LogP contribution >= 0.6 is 0 Å². The number of anilines is 1. The molecule has 1 N–H and O–H groups in total. The van der Waals surface area contributed by atoms with E-state index in [0.29, 0.717) is 18.0 Å². The van der Waals surface area contributed by atoms with Crippen molar-refractivity contribution in [3.8, 4) is 5.75 Å². The molecule has 5 nitrogen and oxygen atoms in total. The van der Waals surface area contributed by atoms with Crippen molar-refractivity contribution >= 4 is 15.7 Å². The summed E-state index contributed by atoms with van der Waals surface area (Å²) in [5, 5.41) is 3.29. The van der Waals surface area contributed by atoms with Gasteiger partial charge in [-0.05, 0) is 36.8 Å². The average Bonchev–Trinajstić information content (AvgIpc) is 2.54. The van der Waals surface area contributed by atoms with E-state index >= 15 is 0 Å². The van der Waals surface area contributed by atoms with E-state index in [4.69, 9.17) is 4.74 Å². The summed E-state index contributed by atoms with van der Waals surface area (Å²) in [6.45, 7) is 3.04. The average molecular weight is 334 g/mol. The van der Waals surface area contributed by atoms with Gasteiger partial charge in [0.25, 0.3) is 0 Å². The number of benzene rings is 2. The van der Waals surface area contributed by atoms with Crippen molar-refractivity contribution in [2.24, 2.45) is 0 Å². The molecule has 124 valence electrons. The fourth-order valence-electron chi connectivity index (χ4n) is 2.12. The lowest BCUT2D eigenvalue weighted by Gasteiger charge is -2.14. The summed E-state index contributed by atoms with van der Waals surface area (Å²) in [5.74, 6) is 0.784. The van der Waals surface area contributed by atoms with Gasteiger partial charge in [0.2, 0.25) is 10.0 Å². The topological polar surface area (TPSA) is 58.6 Å². The van der Waals surface area contributed by atoms with Crippen LogP contribution in [-0.2, 0) is 16.6 Å². The fraction of sp³-hybridized carbons (Fsp3) is 0.294. The summed E-state index contributed by atoms with van der Waals surface area (Å²) in [5.41, 5.74) is 1.77. The van der Waals surface area contributed by atoms with Gasteiger partial charge in [0.1, 0.15) is 5.75 Å². The second-order valence-corrected chi connectivity index (χ2v) is 7.37. The normalized spacial score (nSPS) is 11.5. The molecular formula is C17H22N2O3S. The van der Waals surface area contributed by atoms with E-state index in [1.807, 2.05) is 37.3 Å². The molecule has 0 aliphatic rings. The first-order valence-corrected chi connectivity index (χ1v) is 8.86. The van der Waals surface area contributed by atoms with E-state index in [1.165, 1.54) is 18.4 Å². The molecule has 0 fully saturated rings. The molecule has 0 saturated carbocycles. The maximum atomic E-state index is 12.2. The largest absolute Gasteiger partial charge is 0.492 e. The van der Waals surface area contributed by atoms with Crippen LogP contribution in [0.4, 0.5) is 5.69 Å². The van der Waals surface area contributed by atoms with Gasteiger partial charge < -0.3 is 10.1 Å². The molecule has 0 amide bonds. The number of para-hydroxylation sites is 2. The highest BCUT2D eigenvalue weighted by molar-refractivity contribution is 7.89. The standard InChI is InChI=1S/C17H22N2O3S/c1-4-22-17-11-6-5-10-16(17)18-13-14-8-7-9-15(12-14)23(20,21)19(2)3/h5-12,18H,4,13H2,1-3H3. The van der Waals surface area contributed by atoms with Crippen molar-refractivity contribution in [2.45, 2.75) is 18.4 Å². The van der Waals surface area contributed by atoms with E-state index in [0.717, 1.165) is 17.0 Å². The highest BCUT2D eigenvalue weighted by atomic mass is 32.2. The van der Waals surface area contributed by atoms with Gasteiger partial charge in [0.05, 0.1) is 17.2 Å². The smallest absolute Gasteiger partial charge is 0.242 e. The SMILES string of the molecule is CCOc1ccccc1NCc1cccc(S(=O)(=O)N(C)C)c1. The van der Waals surface area contributed by atoms with Crippen LogP contribution in [0.1, 0.15) is 12.5 Å². The second-order valence-electron chi connectivity index (χ2n) is 5.22. The van der Waals surface area contributed by atoms with Crippen molar-refractivity contribution < 1.29 is 13.2 Å². The number of nitrogens with one attached hydrogen (secondary N) is 1. The van der Waals surface area contributed by atoms with Crippen LogP contribution in [0.25, 0.3) is 0 Å². The molecule has 6 heteroatoms. The monoisotopic (exact) mass is 334 g/mol. The van der Waals surface area contributed by atoms with Gasteiger partial charge >= 0.3 is 0 Å². The molecule has 0 saturated heterocycles. The minimum Gasteiger partial charge on any atom is -0.492 e. The summed E-state index contributed by atoms with van der Waals surface area (Å²) < 4.78 is 31.1. The van der Waals surface area contributed by atoms with Crippen molar-refractivity contribution in [3.63, 3.8) is 0 Å². The number of rotatable bonds is 7. The third kappa shape index (κ3) is 4.24. The molecule has 0 bridgehead atoms. The molecule has 0 aliphatic carbocycles. The third-order valence-corrected chi connectivity index (χ3v) is 5.16. The summed E-state index contributed by atoms with van der Waals surface area (Å²) in [4.78, 5) is 0.292. The van der Waals surface area contributed by atoms with Crippen LogP contribution in [-0.4, -0.2) is 33.4 Å². The van der Waals surface area contributed by atoms with Gasteiger partial charge in [-0.3, -0.25) is 0 Å². The van der Waals surface area contributed by atoms with E-state index in [1.54, 1.807) is 18.2 Å². The second kappa shape index (κ2) is 7.48. The van der Waals surface area contributed by atoms with E-state index < -0.39 is 10.0 Å². The number of hydrogen-bond acceptors (Lipinski definition) is 4. The summed E-state index contributed by atoms with van der Waals surface area (Å²) >= 11 is 0. The highest BCUT2D eigenvalue weighted by Gasteiger charge is 2.17. The summed E-state index contributed by atoms with van der Waals surface area (Å²) in [6, 6.07) is 14.6. The van der Waals surface area contributed by atoms with Gasteiger partial charge in [0.15, 0.2) is 0 Å². The Morgan fingerprint density at radius 2 is 1.83 bits per heavy atom. The molecule has 2 aromatic rings. The van der Waals surface area contributed by atoms with Crippen molar-refractivity contribution in [2.75, 3.05) is 26.0 Å². The zero-order valence-corrected chi connectivity index (χ0v) is 14.4. The fourth-order valence-corrected chi connectivity index (χ4v) is 3.09. The molecule has 0 spiro atoms. The zero-order valence-electron chi connectivity index (χ0n) is 13.6. The lowest BCUT2D eigenvalue weighted by molar-refractivity contribution is 0.341. The van der Waals surface area contributed by atoms with Gasteiger partial charge in [-0.15, -0.1) is 0 Å². The number of nitrogens with zero attached hydrogens (tertiary/aromatic N) is 1. The molecule has 0 heterocycles. The lowest BCUT2D eigenvalue weighted by Crippen LogP contribution is -2.22. The van der Waals surface area contributed by atoms with Crippen LogP contribution in [0.3, 0.4) is 0 Å². The Balaban J connectivity index is 2.16. The molecule has 2 aromatic carbocycles. The maximum absolute atomic E-state index is 12.2. The maximum Gasteiger partial charge on any atom is 0.242 e. The Morgan fingerprint density at radius 1 is 1.09 bits per heavy atom. The van der Waals surface area contributed by atoms with Crippen molar-refractivity contribution in [3.05, 3.63) is 54.1 Å². The van der Waals surface area contributed by atoms with Crippen LogP contribution in [0.5, 0.6) is 5.75 Å². The molecular weight excluding hydrogens is 312 g/mol. The first kappa shape index (κ1) is 17.3. The Labute approximate surface area is 137 Å². The van der Waals surface area contributed by atoms with Gasteiger partial charge in [-0.1, -0.05) is 24.3 Å². The summed E-state index contributed by atoms with van der Waals surface area (Å²) in [6.07, 6.45) is 0. The quantitative estimate of drug-likeness (QED) is 0.846. The van der Waals surface area contributed by atoms with Gasteiger partial charge in [-0.2, -0.15) is 0 Å². The van der Waals surface area contributed by atoms with Gasteiger partial charge in [0, 0.05) is 20.6 Å². The van der Waals surface area contributed by atoms with E-state index in [2.05, 4.69) is 5.32 Å². The molecule has 2 rings (SSSR count). The number of sulfonamides is 1. The Morgan fingerprint density at radius 3 is 2.52 bits per heavy atom. The molecule has 23 heavy (non-hydrogen) atoms. The minimum atomic E-state index is -3.42. The predicted molar refractivity (Wildman–Crippen MR) is 92.3 cm³/mol. The Bertz CT molecular complexity index is 758. The predicted octanol–water partition coefficient (Wildman–Crippen LogP) is 2.95. The molecule has 0 aliphatic heterocycles. The Hall–Kier alpha value is -2.05. The molecule has 0 unspecified atom stereocenters. The van der Waals surface area contributed by atoms with Gasteiger partial charge in [-0.25, -0.2) is 12.7 Å².